The van der Waals surface area contributed by atoms with Gasteiger partial charge in [-0.1, -0.05) is 54.4 Å². The Bertz CT molecular complexity index is 901. The van der Waals surface area contributed by atoms with Gasteiger partial charge in [0, 0.05) is 17.3 Å². The second-order valence-electron chi connectivity index (χ2n) is 6.47. The number of aryl methyl sites for hydroxylation is 2. The Kier molecular flexibility index (Phi) is 5.14. The highest BCUT2D eigenvalue weighted by atomic mass is 35.5. The van der Waals surface area contributed by atoms with Crippen LogP contribution in [-0.2, 0) is 9.59 Å². The second-order valence-corrected chi connectivity index (χ2v) is 6.87. The zero-order chi connectivity index (χ0) is 18.8. The van der Waals surface area contributed by atoms with E-state index in [0.29, 0.717) is 34.9 Å². The largest absolute Gasteiger partial charge is 0.350 e. The van der Waals surface area contributed by atoms with Gasteiger partial charge in [-0.2, -0.15) is 0 Å². The number of carbonyl (C=O) groups is 2. The molecule has 4 nitrogen and oxygen atoms in total. The van der Waals surface area contributed by atoms with Crippen LogP contribution in [0.2, 0.25) is 5.02 Å². The summed E-state index contributed by atoms with van der Waals surface area (Å²) in [5.74, 6) is -0.564. The average molecular weight is 369 g/mol. The predicted molar refractivity (Wildman–Crippen MR) is 105 cm³/mol. The van der Waals surface area contributed by atoms with Crippen LogP contribution in [0.3, 0.4) is 0 Å². The first-order valence-electron chi connectivity index (χ1n) is 8.63. The monoisotopic (exact) mass is 368 g/mol. The number of imide groups is 1. The highest BCUT2D eigenvalue weighted by molar-refractivity contribution is 6.36. The Labute approximate surface area is 158 Å². The van der Waals surface area contributed by atoms with Crippen LogP contribution in [0.25, 0.3) is 5.57 Å². The quantitative estimate of drug-likeness (QED) is 0.787. The molecule has 2 amide bonds. The molecule has 0 fully saturated rings. The lowest BCUT2D eigenvalue weighted by Gasteiger charge is -2.14. The average Bonchev–Trinajstić information content (AvgIpc) is 2.84. The molecule has 2 aromatic carbocycles. The fourth-order valence-electron chi connectivity index (χ4n) is 2.92. The maximum Gasteiger partial charge on any atom is 0.278 e. The minimum absolute atomic E-state index is 0.263. The van der Waals surface area contributed by atoms with Crippen molar-refractivity contribution in [3.8, 4) is 0 Å². The van der Waals surface area contributed by atoms with Crippen molar-refractivity contribution in [3.63, 3.8) is 0 Å². The van der Waals surface area contributed by atoms with Gasteiger partial charge in [-0.15, -0.1) is 0 Å². The molecule has 1 heterocycles. The predicted octanol–water partition coefficient (Wildman–Crippen LogP) is 4.56. The maximum atomic E-state index is 12.9. The summed E-state index contributed by atoms with van der Waals surface area (Å²) in [5.41, 5.74) is 4.16. The van der Waals surface area contributed by atoms with Gasteiger partial charge in [0.15, 0.2) is 0 Å². The summed E-state index contributed by atoms with van der Waals surface area (Å²) < 4.78 is 0. The van der Waals surface area contributed by atoms with Crippen LogP contribution in [-0.4, -0.2) is 23.3 Å². The fraction of sp³-hybridized carbons (Fsp3) is 0.238. The van der Waals surface area contributed by atoms with Gasteiger partial charge in [-0.3, -0.25) is 14.5 Å². The first-order valence-corrected chi connectivity index (χ1v) is 9.01. The van der Waals surface area contributed by atoms with Crippen molar-refractivity contribution in [1.82, 2.24) is 4.90 Å². The van der Waals surface area contributed by atoms with E-state index in [1.807, 2.05) is 57.2 Å². The van der Waals surface area contributed by atoms with E-state index in [0.717, 1.165) is 16.7 Å². The molecular formula is C21H21ClN2O2. The Morgan fingerprint density at radius 1 is 1.00 bits per heavy atom. The van der Waals surface area contributed by atoms with Crippen molar-refractivity contribution in [1.29, 1.82) is 0 Å². The van der Waals surface area contributed by atoms with Crippen LogP contribution < -0.4 is 5.32 Å². The SMILES string of the molecule is CCCN1C(=O)C(Nc2ccc(C)c(Cl)c2)=C(c2ccc(C)cc2)C1=O. The van der Waals surface area contributed by atoms with E-state index >= 15 is 0 Å². The van der Waals surface area contributed by atoms with E-state index < -0.39 is 0 Å². The summed E-state index contributed by atoms with van der Waals surface area (Å²) in [4.78, 5) is 27.1. The van der Waals surface area contributed by atoms with Crippen molar-refractivity contribution in [2.24, 2.45) is 0 Å². The van der Waals surface area contributed by atoms with Crippen LogP contribution in [0.1, 0.15) is 30.0 Å². The van der Waals surface area contributed by atoms with Gasteiger partial charge >= 0.3 is 0 Å². The van der Waals surface area contributed by atoms with E-state index in [1.165, 1.54) is 4.90 Å². The molecule has 1 N–H and O–H groups in total. The van der Waals surface area contributed by atoms with Gasteiger partial charge in [0.1, 0.15) is 5.70 Å². The Balaban J connectivity index is 2.07. The molecule has 3 rings (SSSR count). The van der Waals surface area contributed by atoms with Gasteiger partial charge in [0.25, 0.3) is 11.8 Å². The maximum absolute atomic E-state index is 12.9. The first kappa shape index (κ1) is 18.2. The number of carbonyl (C=O) groups excluding carboxylic acids is 2. The Hall–Kier alpha value is -2.59. The van der Waals surface area contributed by atoms with Crippen molar-refractivity contribution in [3.05, 3.63) is 69.9 Å². The molecule has 26 heavy (non-hydrogen) atoms. The zero-order valence-corrected chi connectivity index (χ0v) is 15.9. The molecule has 0 radical (unpaired) electrons. The second kappa shape index (κ2) is 7.34. The molecule has 0 saturated carbocycles. The van der Waals surface area contributed by atoms with Crippen LogP contribution >= 0.6 is 11.6 Å². The summed E-state index contributed by atoms with van der Waals surface area (Å²) in [7, 11) is 0. The third-order valence-corrected chi connectivity index (χ3v) is 4.80. The number of halogens is 1. The van der Waals surface area contributed by atoms with E-state index in [2.05, 4.69) is 5.32 Å². The minimum Gasteiger partial charge on any atom is -0.350 e. The molecule has 1 aliphatic rings. The Morgan fingerprint density at radius 3 is 2.31 bits per heavy atom. The number of hydrogen-bond donors (Lipinski definition) is 1. The fourth-order valence-corrected chi connectivity index (χ4v) is 3.10. The molecule has 0 spiro atoms. The van der Waals surface area contributed by atoms with E-state index in [4.69, 9.17) is 11.6 Å². The number of nitrogens with zero attached hydrogens (tertiary/aromatic N) is 1. The normalized spacial score (nSPS) is 14.4. The number of anilines is 1. The minimum atomic E-state index is -0.302. The van der Waals surface area contributed by atoms with E-state index in [1.54, 1.807) is 6.07 Å². The highest BCUT2D eigenvalue weighted by Crippen LogP contribution is 2.31. The van der Waals surface area contributed by atoms with Crippen molar-refractivity contribution >= 4 is 34.7 Å². The zero-order valence-electron chi connectivity index (χ0n) is 15.1. The molecule has 1 aliphatic heterocycles. The number of rotatable bonds is 5. The molecule has 0 aromatic heterocycles. The van der Waals surface area contributed by atoms with E-state index in [-0.39, 0.29) is 11.8 Å². The lowest BCUT2D eigenvalue weighted by atomic mass is 10.0. The molecule has 2 aromatic rings. The summed E-state index contributed by atoms with van der Waals surface area (Å²) in [6.07, 6.45) is 0.711. The van der Waals surface area contributed by atoms with Crippen LogP contribution in [0, 0.1) is 13.8 Å². The third-order valence-electron chi connectivity index (χ3n) is 4.40. The topological polar surface area (TPSA) is 49.4 Å². The van der Waals surface area contributed by atoms with Gasteiger partial charge in [0.2, 0.25) is 0 Å². The standard InChI is InChI=1S/C21H21ClN2O2/c1-4-11-24-20(25)18(15-8-5-13(2)6-9-15)19(21(24)26)23-16-10-7-14(3)17(22)12-16/h5-10,12,23H,4,11H2,1-3H3. The van der Waals surface area contributed by atoms with Crippen LogP contribution in [0.15, 0.2) is 48.2 Å². The lowest BCUT2D eigenvalue weighted by Crippen LogP contribution is -2.33. The molecule has 0 aliphatic carbocycles. The van der Waals surface area contributed by atoms with E-state index in [9.17, 15) is 9.59 Å². The number of benzene rings is 2. The van der Waals surface area contributed by atoms with Gasteiger partial charge in [-0.25, -0.2) is 0 Å². The first-order chi connectivity index (χ1) is 12.4. The summed E-state index contributed by atoms with van der Waals surface area (Å²) in [6, 6.07) is 13.1. The highest BCUT2D eigenvalue weighted by Gasteiger charge is 2.38. The van der Waals surface area contributed by atoms with Gasteiger partial charge in [0.05, 0.1) is 5.57 Å². The number of hydrogen-bond acceptors (Lipinski definition) is 3. The molecular weight excluding hydrogens is 348 g/mol. The molecule has 134 valence electrons. The molecule has 0 saturated heterocycles. The third kappa shape index (κ3) is 3.37. The van der Waals surface area contributed by atoms with Gasteiger partial charge < -0.3 is 5.32 Å². The summed E-state index contributed by atoms with van der Waals surface area (Å²) >= 11 is 6.20. The molecule has 0 unspecified atom stereocenters. The van der Waals surface area contributed by atoms with Crippen LogP contribution in [0.5, 0.6) is 0 Å². The van der Waals surface area contributed by atoms with Gasteiger partial charge in [-0.05, 0) is 43.5 Å². The Morgan fingerprint density at radius 2 is 1.69 bits per heavy atom. The van der Waals surface area contributed by atoms with Crippen molar-refractivity contribution < 1.29 is 9.59 Å². The molecule has 0 bridgehead atoms. The lowest BCUT2D eigenvalue weighted by molar-refractivity contribution is -0.136. The van der Waals surface area contributed by atoms with Crippen molar-refractivity contribution in [2.45, 2.75) is 27.2 Å². The number of amides is 2. The molecule has 5 heteroatoms. The summed E-state index contributed by atoms with van der Waals surface area (Å²) in [6.45, 7) is 6.23. The van der Waals surface area contributed by atoms with Crippen molar-refractivity contribution in [2.75, 3.05) is 11.9 Å². The molecule has 0 atom stereocenters. The smallest absolute Gasteiger partial charge is 0.278 e. The summed E-state index contributed by atoms with van der Waals surface area (Å²) in [5, 5.41) is 3.73. The van der Waals surface area contributed by atoms with Crippen LogP contribution in [0.4, 0.5) is 5.69 Å². The number of nitrogens with one attached hydrogen (secondary N) is 1.